The largest absolute Gasteiger partial charge is 0.414 e. The summed E-state index contributed by atoms with van der Waals surface area (Å²) in [5.41, 5.74) is 0.318. The topological polar surface area (TPSA) is 18.5 Å². The molecule has 0 saturated heterocycles. The molecule has 0 unspecified atom stereocenters. The summed E-state index contributed by atoms with van der Waals surface area (Å²) in [5, 5.41) is 0.288. The van der Waals surface area contributed by atoms with Gasteiger partial charge in [-0.3, -0.25) is 0 Å². The van der Waals surface area contributed by atoms with Crippen LogP contribution < -0.4 is 0 Å². The highest BCUT2D eigenvalue weighted by atomic mass is 28.4. The van der Waals surface area contributed by atoms with Crippen LogP contribution in [0, 0.1) is 29.1 Å². The summed E-state index contributed by atoms with van der Waals surface area (Å²) < 4.78 is 13.6. The van der Waals surface area contributed by atoms with Crippen molar-refractivity contribution in [2.75, 3.05) is 0 Å². The molecule has 6 atom stereocenters. The second-order valence-electron chi connectivity index (χ2n) is 14.5. The molecule has 2 saturated carbocycles. The van der Waals surface area contributed by atoms with Crippen molar-refractivity contribution in [1.82, 2.24) is 0 Å². The van der Waals surface area contributed by atoms with Gasteiger partial charge in [-0.2, -0.15) is 0 Å². The predicted octanol–water partition coefficient (Wildman–Crippen LogP) is 9.05. The first kappa shape index (κ1) is 28.3. The second-order valence-corrected chi connectivity index (χ2v) is 23.6. The van der Waals surface area contributed by atoms with E-state index >= 15 is 0 Å². The zero-order valence-corrected chi connectivity index (χ0v) is 25.9. The summed E-state index contributed by atoms with van der Waals surface area (Å²) in [6.45, 7) is 30.8. The number of fused-ring (bicyclic) bond motifs is 1. The highest BCUT2D eigenvalue weighted by Crippen LogP contribution is 2.59. The molecule has 0 amide bonds. The van der Waals surface area contributed by atoms with Crippen LogP contribution in [0.15, 0.2) is 12.2 Å². The number of rotatable bonds is 8. The Kier molecular flexibility index (Phi) is 8.52. The van der Waals surface area contributed by atoms with Gasteiger partial charge in [0.1, 0.15) is 0 Å². The summed E-state index contributed by atoms with van der Waals surface area (Å²) in [6, 6.07) is 0. The Morgan fingerprint density at radius 1 is 0.906 bits per heavy atom. The van der Waals surface area contributed by atoms with Gasteiger partial charge in [-0.15, -0.1) is 0 Å². The van der Waals surface area contributed by atoms with Gasteiger partial charge in [0.15, 0.2) is 16.6 Å². The molecule has 4 heteroatoms. The minimum atomic E-state index is -1.73. The van der Waals surface area contributed by atoms with Gasteiger partial charge >= 0.3 is 0 Å². The molecule has 2 nitrogen and oxygen atoms in total. The zero-order chi connectivity index (χ0) is 24.8. The third-order valence-electron chi connectivity index (χ3n) is 9.39. The molecule has 0 N–H and O–H groups in total. The van der Waals surface area contributed by atoms with Crippen molar-refractivity contribution >= 4 is 16.6 Å². The monoisotopic (exact) mass is 480 g/mol. The quantitative estimate of drug-likeness (QED) is 0.255. The minimum Gasteiger partial charge on any atom is -0.414 e. The highest BCUT2D eigenvalue weighted by Gasteiger charge is 2.54. The van der Waals surface area contributed by atoms with Gasteiger partial charge in [0.25, 0.3) is 0 Å². The number of allylic oxidation sites excluding steroid dienone is 1. The maximum absolute atomic E-state index is 7.05. The Balaban J connectivity index is 2.12. The Morgan fingerprint density at radius 2 is 1.50 bits per heavy atom. The standard InChI is InChI=1S/C28H56O2Si2/c1-21(16-17-22(2)27(6,7)30-31(9,10)11)23-18-19-24-25(15-14-20-28(23,24)8)29-32(12,13)26(3,4)5/h16-17,21-25H,14-15,18-20H2,1-13H3/t21-,22-,23-,24+,25+,28-/m1/s1. The molecule has 2 fully saturated rings. The first-order chi connectivity index (χ1) is 14.3. The van der Waals surface area contributed by atoms with Crippen LogP contribution in [0.25, 0.3) is 0 Å². The lowest BCUT2D eigenvalue weighted by molar-refractivity contribution is -0.0163. The molecule has 0 aliphatic heterocycles. The summed E-state index contributed by atoms with van der Waals surface area (Å²) in [4.78, 5) is 0. The Hall–Kier alpha value is 0.0938. The number of hydrogen-bond acceptors (Lipinski definition) is 2. The predicted molar refractivity (Wildman–Crippen MR) is 146 cm³/mol. The summed E-state index contributed by atoms with van der Waals surface area (Å²) >= 11 is 0. The maximum Gasteiger partial charge on any atom is 0.192 e. The molecule has 0 heterocycles. The first-order valence-electron chi connectivity index (χ1n) is 13.4. The molecular weight excluding hydrogens is 424 g/mol. The normalized spacial score (nSPS) is 32.2. The molecule has 0 aromatic rings. The molecule has 0 bridgehead atoms. The van der Waals surface area contributed by atoms with E-state index in [1.807, 2.05) is 0 Å². The van der Waals surface area contributed by atoms with Crippen molar-refractivity contribution in [2.24, 2.45) is 29.1 Å². The average Bonchev–Trinajstić information content (AvgIpc) is 2.94. The molecule has 0 aromatic carbocycles. The van der Waals surface area contributed by atoms with Gasteiger partial charge in [-0.25, -0.2) is 0 Å². The van der Waals surface area contributed by atoms with Crippen molar-refractivity contribution < 1.29 is 8.85 Å². The second kappa shape index (κ2) is 9.62. The van der Waals surface area contributed by atoms with Crippen molar-refractivity contribution in [3.8, 4) is 0 Å². The lowest BCUT2D eigenvalue weighted by Crippen LogP contribution is -2.50. The van der Waals surface area contributed by atoms with Crippen molar-refractivity contribution in [3.05, 3.63) is 12.2 Å². The van der Waals surface area contributed by atoms with Crippen LogP contribution in [0.2, 0.25) is 37.8 Å². The molecule has 32 heavy (non-hydrogen) atoms. The SMILES string of the molecule is C[C@H](C=C[C@@H](C)C(C)(C)O[Si](C)(C)C)[C@H]1CC[C@H]2[C@@H](O[Si](C)(C)C(C)(C)C)CCC[C@]12C. The summed E-state index contributed by atoms with van der Waals surface area (Å²) in [5.74, 6) is 2.53. The van der Waals surface area contributed by atoms with Gasteiger partial charge in [-0.1, -0.05) is 60.1 Å². The summed E-state index contributed by atoms with van der Waals surface area (Å²) in [6.07, 6.45) is 12.1. The molecule has 0 spiro atoms. The van der Waals surface area contributed by atoms with Gasteiger partial charge in [0, 0.05) is 12.0 Å². The molecular formula is C28H56O2Si2. The molecule has 0 radical (unpaired) electrons. The van der Waals surface area contributed by atoms with Crippen LogP contribution >= 0.6 is 0 Å². The molecule has 188 valence electrons. The van der Waals surface area contributed by atoms with Gasteiger partial charge in [0.2, 0.25) is 0 Å². The fraction of sp³-hybridized carbons (Fsp3) is 0.929. The summed E-state index contributed by atoms with van der Waals surface area (Å²) in [7, 11) is -3.29. The Morgan fingerprint density at radius 3 is 2.03 bits per heavy atom. The van der Waals surface area contributed by atoms with Crippen LogP contribution in [0.5, 0.6) is 0 Å². The van der Waals surface area contributed by atoms with E-state index < -0.39 is 16.6 Å². The van der Waals surface area contributed by atoms with Crippen LogP contribution in [0.4, 0.5) is 0 Å². The van der Waals surface area contributed by atoms with E-state index in [9.17, 15) is 0 Å². The van der Waals surface area contributed by atoms with E-state index in [0.29, 0.717) is 23.4 Å². The Labute approximate surface area is 203 Å². The van der Waals surface area contributed by atoms with Crippen molar-refractivity contribution in [3.63, 3.8) is 0 Å². The van der Waals surface area contributed by atoms with E-state index in [0.717, 1.165) is 11.8 Å². The molecule has 0 aromatic heterocycles. The first-order valence-corrected chi connectivity index (χ1v) is 19.7. The van der Waals surface area contributed by atoms with Crippen LogP contribution in [-0.4, -0.2) is 28.3 Å². The lowest BCUT2D eigenvalue weighted by Gasteiger charge is -2.49. The molecule has 2 aliphatic carbocycles. The van der Waals surface area contributed by atoms with Crippen LogP contribution in [0.3, 0.4) is 0 Å². The molecule has 2 aliphatic rings. The van der Waals surface area contributed by atoms with Crippen molar-refractivity contribution in [2.45, 2.75) is 137 Å². The van der Waals surface area contributed by atoms with Crippen LogP contribution in [-0.2, 0) is 8.85 Å². The third kappa shape index (κ3) is 6.40. The van der Waals surface area contributed by atoms with Gasteiger partial charge in [0.05, 0.1) is 5.60 Å². The minimum absolute atomic E-state index is 0.101. The van der Waals surface area contributed by atoms with E-state index in [1.165, 1.54) is 32.1 Å². The van der Waals surface area contributed by atoms with Crippen molar-refractivity contribution in [1.29, 1.82) is 0 Å². The van der Waals surface area contributed by atoms with Gasteiger partial charge in [-0.05, 0) is 100 Å². The third-order valence-corrected chi connectivity index (χ3v) is 15.0. The van der Waals surface area contributed by atoms with E-state index in [-0.39, 0.29) is 10.6 Å². The van der Waals surface area contributed by atoms with E-state index in [1.54, 1.807) is 0 Å². The number of hydrogen-bond donors (Lipinski definition) is 0. The van der Waals surface area contributed by atoms with E-state index in [2.05, 4.69) is 100 Å². The fourth-order valence-electron chi connectivity index (χ4n) is 6.31. The van der Waals surface area contributed by atoms with Gasteiger partial charge < -0.3 is 8.85 Å². The molecule has 2 rings (SSSR count). The Bertz CT molecular complexity index is 655. The smallest absolute Gasteiger partial charge is 0.192 e. The highest BCUT2D eigenvalue weighted by molar-refractivity contribution is 6.74. The fourth-order valence-corrected chi connectivity index (χ4v) is 9.47. The maximum atomic E-state index is 7.05. The average molecular weight is 481 g/mol. The van der Waals surface area contributed by atoms with Crippen LogP contribution in [0.1, 0.15) is 87.5 Å². The lowest BCUT2D eigenvalue weighted by atomic mass is 9.62. The van der Waals surface area contributed by atoms with E-state index in [4.69, 9.17) is 8.85 Å². The zero-order valence-electron chi connectivity index (χ0n) is 23.9.